The first kappa shape index (κ1) is 12.3. The number of oxazole rings is 1. The molecule has 19 heavy (non-hydrogen) atoms. The van der Waals surface area contributed by atoms with Crippen LogP contribution in [-0.2, 0) is 0 Å². The van der Waals surface area contributed by atoms with Gasteiger partial charge in [0.25, 0.3) is 0 Å². The van der Waals surface area contributed by atoms with Crippen molar-refractivity contribution in [2.24, 2.45) is 4.99 Å². The Morgan fingerprint density at radius 3 is 2.68 bits per heavy atom. The van der Waals surface area contributed by atoms with E-state index < -0.39 is 0 Å². The molecule has 0 saturated heterocycles. The highest BCUT2D eigenvalue weighted by molar-refractivity contribution is 6.42. The standard InChI is InChI=1S/C13H8Cl2N2O2/c1-6-17-12(13(18)19-6)2-7-5-16-11-4-10(15)9(14)3-8(7)11/h2-5,18H,1H3. The van der Waals surface area contributed by atoms with E-state index >= 15 is 0 Å². The predicted octanol–water partition coefficient (Wildman–Crippen LogP) is 4.25. The van der Waals surface area contributed by atoms with Gasteiger partial charge in [-0.3, -0.25) is 4.99 Å². The lowest BCUT2D eigenvalue weighted by Gasteiger charge is -2.02. The van der Waals surface area contributed by atoms with Gasteiger partial charge in [0.2, 0.25) is 0 Å². The number of aromatic nitrogens is 1. The topological polar surface area (TPSA) is 58.6 Å². The van der Waals surface area contributed by atoms with Gasteiger partial charge in [0, 0.05) is 24.3 Å². The molecule has 0 unspecified atom stereocenters. The molecule has 1 aliphatic rings. The Bertz CT molecular complexity index is 732. The summed E-state index contributed by atoms with van der Waals surface area (Å²) in [4.78, 5) is 8.31. The fourth-order valence-electron chi connectivity index (χ4n) is 1.87. The van der Waals surface area contributed by atoms with E-state index in [1.807, 2.05) is 0 Å². The second kappa shape index (κ2) is 4.40. The summed E-state index contributed by atoms with van der Waals surface area (Å²) in [6.45, 7) is 1.66. The number of hydrogen-bond acceptors (Lipinski definition) is 4. The molecular formula is C13H8Cl2N2O2. The highest BCUT2D eigenvalue weighted by Crippen LogP contribution is 2.38. The van der Waals surface area contributed by atoms with Crippen molar-refractivity contribution in [1.29, 1.82) is 0 Å². The van der Waals surface area contributed by atoms with Gasteiger partial charge in [-0.25, -0.2) is 4.98 Å². The van der Waals surface area contributed by atoms with Gasteiger partial charge in [0.05, 0.1) is 15.7 Å². The molecule has 6 heteroatoms. The lowest BCUT2D eigenvalue weighted by atomic mass is 10.1. The summed E-state index contributed by atoms with van der Waals surface area (Å²) >= 11 is 11.9. The Morgan fingerprint density at radius 2 is 2.00 bits per heavy atom. The Morgan fingerprint density at radius 1 is 1.26 bits per heavy atom. The molecule has 0 aliphatic carbocycles. The van der Waals surface area contributed by atoms with Crippen molar-refractivity contribution in [3.05, 3.63) is 39.3 Å². The Hall–Kier alpha value is -1.78. The smallest absolute Gasteiger partial charge is 0.310 e. The fourth-order valence-corrected chi connectivity index (χ4v) is 2.19. The summed E-state index contributed by atoms with van der Waals surface area (Å²) in [6.07, 6.45) is 3.35. The van der Waals surface area contributed by atoms with Crippen LogP contribution in [0.15, 0.2) is 21.5 Å². The number of benzene rings is 1. The zero-order valence-electron chi connectivity index (χ0n) is 9.82. The number of aromatic hydroxyl groups is 1. The van der Waals surface area contributed by atoms with E-state index in [0.717, 1.165) is 16.8 Å². The molecule has 2 aromatic rings. The molecule has 96 valence electrons. The van der Waals surface area contributed by atoms with Crippen LogP contribution >= 0.6 is 23.2 Å². The largest absolute Gasteiger partial charge is 0.479 e. The summed E-state index contributed by atoms with van der Waals surface area (Å²) in [7, 11) is 0. The molecule has 0 atom stereocenters. The van der Waals surface area contributed by atoms with Crippen LogP contribution in [0.25, 0.3) is 11.6 Å². The number of rotatable bonds is 1. The molecule has 0 amide bonds. The van der Waals surface area contributed by atoms with Crippen LogP contribution in [0, 0.1) is 6.92 Å². The Kier molecular flexibility index (Phi) is 2.84. The summed E-state index contributed by atoms with van der Waals surface area (Å²) in [6, 6.07) is 3.44. The summed E-state index contributed by atoms with van der Waals surface area (Å²) < 4.78 is 4.96. The van der Waals surface area contributed by atoms with Gasteiger partial charge in [-0.1, -0.05) is 23.2 Å². The van der Waals surface area contributed by atoms with Crippen LogP contribution in [0.2, 0.25) is 10.0 Å². The molecule has 0 fully saturated rings. The van der Waals surface area contributed by atoms with Gasteiger partial charge in [-0.2, -0.15) is 0 Å². The number of aliphatic imine (C=N–C) groups is 1. The molecule has 0 radical (unpaired) electrons. The van der Waals surface area contributed by atoms with Gasteiger partial charge in [0.15, 0.2) is 5.89 Å². The van der Waals surface area contributed by atoms with Crippen molar-refractivity contribution in [3.8, 4) is 5.95 Å². The summed E-state index contributed by atoms with van der Waals surface area (Å²) in [5.41, 5.74) is 2.73. The maximum absolute atomic E-state index is 9.57. The molecule has 0 saturated carbocycles. The first-order valence-electron chi connectivity index (χ1n) is 5.46. The monoisotopic (exact) mass is 294 g/mol. The van der Waals surface area contributed by atoms with E-state index in [1.165, 1.54) is 0 Å². The maximum atomic E-state index is 9.57. The summed E-state index contributed by atoms with van der Waals surface area (Å²) in [5, 5.41) is 10.5. The Balaban J connectivity index is 2.10. The number of allylic oxidation sites excluding steroid dienone is 1. The molecule has 1 aliphatic heterocycles. The van der Waals surface area contributed by atoms with Crippen molar-refractivity contribution >= 4 is 46.8 Å². The van der Waals surface area contributed by atoms with Crippen LogP contribution in [0.1, 0.15) is 17.1 Å². The summed E-state index contributed by atoms with van der Waals surface area (Å²) in [5.74, 6) is 0.181. The van der Waals surface area contributed by atoms with Crippen LogP contribution in [0.5, 0.6) is 5.95 Å². The number of hydrogen-bond donors (Lipinski definition) is 1. The molecule has 0 spiro atoms. The number of fused-ring (bicyclic) bond motifs is 1. The molecule has 0 bridgehead atoms. The van der Waals surface area contributed by atoms with Crippen molar-refractivity contribution in [2.45, 2.75) is 6.92 Å². The highest BCUT2D eigenvalue weighted by Gasteiger charge is 2.17. The number of halogens is 2. The van der Waals surface area contributed by atoms with Gasteiger partial charge in [-0.15, -0.1) is 0 Å². The van der Waals surface area contributed by atoms with Crippen LogP contribution in [0.3, 0.4) is 0 Å². The van der Waals surface area contributed by atoms with E-state index in [-0.39, 0.29) is 5.95 Å². The SMILES string of the molecule is Cc1nc(C=C2C=Nc3cc(Cl)c(Cl)cc32)c(O)o1. The third-order valence-corrected chi connectivity index (χ3v) is 3.45. The van der Waals surface area contributed by atoms with Crippen LogP contribution in [-0.4, -0.2) is 16.3 Å². The normalized spacial score (nSPS) is 15.2. The average molecular weight is 295 g/mol. The molecular weight excluding hydrogens is 287 g/mol. The Labute approximate surface area is 119 Å². The van der Waals surface area contributed by atoms with E-state index in [9.17, 15) is 5.11 Å². The molecule has 4 nitrogen and oxygen atoms in total. The lowest BCUT2D eigenvalue weighted by molar-refractivity contribution is 0.322. The molecule has 3 rings (SSSR count). The molecule has 2 heterocycles. The second-order valence-corrected chi connectivity index (χ2v) is 4.88. The minimum Gasteiger partial charge on any atom is -0.479 e. The zero-order chi connectivity index (χ0) is 13.6. The van der Waals surface area contributed by atoms with Crippen molar-refractivity contribution in [1.82, 2.24) is 4.98 Å². The molecule has 1 aromatic heterocycles. The highest BCUT2D eigenvalue weighted by atomic mass is 35.5. The maximum Gasteiger partial charge on any atom is 0.310 e. The lowest BCUT2D eigenvalue weighted by Crippen LogP contribution is -1.83. The van der Waals surface area contributed by atoms with E-state index in [0.29, 0.717) is 21.6 Å². The third-order valence-electron chi connectivity index (χ3n) is 2.73. The van der Waals surface area contributed by atoms with E-state index in [2.05, 4.69) is 9.98 Å². The van der Waals surface area contributed by atoms with E-state index in [1.54, 1.807) is 31.3 Å². The second-order valence-electron chi connectivity index (χ2n) is 4.06. The fraction of sp³-hybridized carbons (Fsp3) is 0.0769. The van der Waals surface area contributed by atoms with Gasteiger partial charge >= 0.3 is 5.95 Å². The zero-order valence-corrected chi connectivity index (χ0v) is 11.3. The minimum atomic E-state index is -0.216. The minimum absolute atomic E-state index is 0.216. The van der Waals surface area contributed by atoms with E-state index in [4.69, 9.17) is 27.6 Å². The van der Waals surface area contributed by atoms with Crippen molar-refractivity contribution in [2.75, 3.05) is 0 Å². The quantitative estimate of drug-likeness (QED) is 0.855. The van der Waals surface area contributed by atoms with Crippen LogP contribution < -0.4 is 0 Å². The molecule has 1 aromatic carbocycles. The number of nitrogens with zero attached hydrogens (tertiary/aromatic N) is 2. The van der Waals surface area contributed by atoms with Gasteiger partial charge < -0.3 is 9.52 Å². The molecule has 1 N–H and O–H groups in total. The average Bonchev–Trinajstić information content (AvgIpc) is 2.86. The van der Waals surface area contributed by atoms with Crippen molar-refractivity contribution in [3.63, 3.8) is 0 Å². The first-order chi connectivity index (χ1) is 9.04. The third kappa shape index (κ3) is 2.13. The van der Waals surface area contributed by atoms with Gasteiger partial charge in [0.1, 0.15) is 5.69 Å². The number of aryl methyl sites for hydroxylation is 1. The van der Waals surface area contributed by atoms with Crippen LogP contribution in [0.4, 0.5) is 5.69 Å². The van der Waals surface area contributed by atoms with Crippen molar-refractivity contribution < 1.29 is 9.52 Å². The predicted molar refractivity (Wildman–Crippen MR) is 75.4 cm³/mol. The first-order valence-corrected chi connectivity index (χ1v) is 6.22. The van der Waals surface area contributed by atoms with Gasteiger partial charge in [-0.05, 0) is 18.2 Å².